The Labute approximate surface area is 66.0 Å². The van der Waals surface area contributed by atoms with E-state index in [1.165, 1.54) is 0 Å². The van der Waals surface area contributed by atoms with Crippen molar-refractivity contribution in [3.8, 4) is 0 Å². The van der Waals surface area contributed by atoms with Gasteiger partial charge >= 0.3 is 0 Å². The summed E-state index contributed by atoms with van der Waals surface area (Å²) in [5.41, 5.74) is 4.41. The van der Waals surface area contributed by atoms with Crippen LogP contribution in [0, 0.1) is 5.41 Å². The highest BCUT2D eigenvalue weighted by Crippen LogP contribution is 2.21. The average Bonchev–Trinajstić information content (AvgIpc) is 1.84. The van der Waals surface area contributed by atoms with E-state index in [0.717, 1.165) is 0 Å². The van der Waals surface area contributed by atoms with Crippen molar-refractivity contribution in [2.45, 2.75) is 33.0 Å². The van der Waals surface area contributed by atoms with Crippen molar-refractivity contribution in [2.24, 2.45) is 11.1 Å². The van der Waals surface area contributed by atoms with Crippen molar-refractivity contribution < 1.29 is 15.0 Å². The first-order valence-electron chi connectivity index (χ1n) is 3.52. The predicted molar refractivity (Wildman–Crippen MR) is 40.4 cm³/mol. The van der Waals surface area contributed by atoms with Gasteiger partial charge in [0.05, 0.1) is 0 Å². The molecule has 0 aliphatic rings. The van der Waals surface area contributed by atoms with Crippen LogP contribution in [0.3, 0.4) is 0 Å². The summed E-state index contributed by atoms with van der Waals surface area (Å²) in [7, 11) is 0. The summed E-state index contributed by atoms with van der Waals surface area (Å²) in [6.07, 6.45) is -0.788. The van der Waals surface area contributed by atoms with Crippen LogP contribution >= 0.6 is 0 Å². The summed E-state index contributed by atoms with van der Waals surface area (Å²) in [4.78, 5) is 10.7. The van der Waals surface area contributed by atoms with Gasteiger partial charge in [-0.25, -0.2) is 0 Å². The van der Waals surface area contributed by atoms with Crippen LogP contribution in [0.2, 0.25) is 0 Å². The van der Waals surface area contributed by atoms with Gasteiger partial charge in [-0.2, -0.15) is 0 Å². The van der Waals surface area contributed by atoms with Crippen molar-refractivity contribution >= 4 is 5.91 Å². The maximum Gasteiger partial charge on any atom is 0.223 e. The second-order valence-corrected chi connectivity index (χ2v) is 3.27. The van der Waals surface area contributed by atoms with Crippen molar-refractivity contribution in [3.63, 3.8) is 0 Å². The van der Waals surface area contributed by atoms with E-state index in [1.54, 1.807) is 13.8 Å². The molecule has 0 aliphatic heterocycles. The molecule has 0 fully saturated rings. The number of nitrogens with two attached hydrogens (primary N) is 1. The molecule has 0 aromatic heterocycles. The second-order valence-electron chi connectivity index (χ2n) is 3.27. The molecule has 0 saturated heterocycles. The molecule has 0 aromatic rings. The van der Waals surface area contributed by atoms with E-state index in [9.17, 15) is 4.79 Å². The van der Waals surface area contributed by atoms with Gasteiger partial charge in [0, 0.05) is 5.41 Å². The molecule has 0 aliphatic carbocycles. The van der Waals surface area contributed by atoms with Crippen LogP contribution < -0.4 is 5.73 Å². The minimum absolute atomic E-state index is 0.177. The molecule has 0 aromatic carbocycles. The number of primary amides is 1. The van der Waals surface area contributed by atoms with Crippen LogP contribution in [-0.2, 0) is 4.79 Å². The first kappa shape index (κ1) is 10.4. The molecule has 0 bridgehead atoms. The summed E-state index contributed by atoms with van der Waals surface area (Å²) in [6.45, 7) is 3.36. The Hall–Kier alpha value is -0.610. The van der Waals surface area contributed by atoms with Gasteiger partial charge in [0.25, 0.3) is 0 Å². The molecule has 0 rings (SSSR count). The number of hydrogen-bond donors (Lipinski definition) is 3. The predicted octanol–water partition coefficient (Wildman–Crippen LogP) is -0.411. The molecule has 0 unspecified atom stereocenters. The largest absolute Gasteiger partial charge is 0.369 e. The van der Waals surface area contributed by atoms with Crippen LogP contribution in [0.5, 0.6) is 0 Å². The lowest BCUT2D eigenvalue weighted by Gasteiger charge is -2.20. The topological polar surface area (TPSA) is 83.6 Å². The summed E-state index contributed by atoms with van der Waals surface area (Å²) >= 11 is 0. The van der Waals surface area contributed by atoms with Crippen molar-refractivity contribution in [2.75, 3.05) is 0 Å². The minimum atomic E-state index is -1.35. The molecule has 1 amide bonds. The van der Waals surface area contributed by atoms with Gasteiger partial charge < -0.3 is 15.9 Å². The smallest absolute Gasteiger partial charge is 0.223 e. The van der Waals surface area contributed by atoms with Crippen LogP contribution in [0.4, 0.5) is 0 Å². The van der Waals surface area contributed by atoms with Crippen molar-refractivity contribution in [3.05, 3.63) is 0 Å². The van der Waals surface area contributed by atoms with Gasteiger partial charge in [-0.3, -0.25) is 4.79 Å². The highest BCUT2D eigenvalue weighted by atomic mass is 16.5. The zero-order chi connectivity index (χ0) is 9.07. The monoisotopic (exact) mass is 161 g/mol. The SMILES string of the molecule is CC(C)(CCC(O)O)C(N)=O. The summed E-state index contributed by atoms with van der Waals surface area (Å²) < 4.78 is 0. The molecule has 0 radical (unpaired) electrons. The van der Waals surface area contributed by atoms with Crippen LogP contribution in [0.15, 0.2) is 0 Å². The van der Waals surface area contributed by atoms with E-state index in [2.05, 4.69) is 0 Å². The number of carbonyl (C=O) groups excluding carboxylic acids is 1. The third kappa shape index (κ3) is 3.95. The zero-order valence-corrected chi connectivity index (χ0v) is 6.87. The van der Waals surface area contributed by atoms with E-state index in [1.807, 2.05) is 0 Å². The van der Waals surface area contributed by atoms with E-state index in [0.29, 0.717) is 6.42 Å². The van der Waals surface area contributed by atoms with Gasteiger partial charge in [0.15, 0.2) is 6.29 Å². The van der Waals surface area contributed by atoms with Crippen molar-refractivity contribution in [1.82, 2.24) is 0 Å². The average molecular weight is 161 g/mol. The van der Waals surface area contributed by atoms with Gasteiger partial charge in [-0.15, -0.1) is 0 Å². The minimum Gasteiger partial charge on any atom is -0.369 e. The van der Waals surface area contributed by atoms with Crippen LogP contribution in [0.1, 0.15) is 26.7 Å². The lowest BCUT2D eigenvalue weighted by Crippen LogP contribution is -2.32. The maximum absolute atomic E-state index is 10.7. The number of rotatable bonds is 4. The molecular formula is C7H15NO3. The Balaban J connectivity index is 3.83. The first-order valence-corrected chi connectivity index (χ1v) is 3.52. The number of hydrogen-bond acceptors (Lipinski definition) is 3. The van der Waals surface area contributed by atoms with Gasteiger partial charge in [0.2, 0.25) is 5.91 Å². The van der Waals surface area contributed by atoms with E-state index >= 15 is 0 Å². The third-order valence-electron chi connectivity index (χ3n) is 1.69. The zero-order valence-electron chi connectivity index (χ0n) is 6.87. The summed E-state index contributed by atoms with van der Waals surface area (Å²) in [6, 6.07) is 0. The van der Waals surface area contributed by atoms with E-state index in [-0.39, 0.29) is 6.42 Å². The highest BCUT2D eigenvalue weighted by molar-refractivity contribution is 5.79. The lowest BCUT2D eigenvalue weighted by atomic mass is 9.87. The fraction of sp³-hybridized carbons (Fsp3) is 0.857. The number of aliphatic hydroxyl groups is 2. The molecule has 0 spiro atoms. The van der Waals surface area contributed by atoms with Gasteiger partial charge in [0.1, 0.15) is 0 Å². The fourth-order valence-electron chi connectivity index (χ4n) is 0.613. The Bertz CT molecular complexity index is 143. The lowest BCUT2D eigenvalue weighted by molar-refractivity contribution is -0.127. The number of carbonyl (C=O) groups is 1. The molecule has 0 saturated carbocycles. The third-order valence-corrected chi connectivity index (χ3v) is 1.69. The van der Waals surface area contributed by atoms with Crippen molar-refractivity contribution in [1.29, 1.82) is 0 Å². The van der Waals surface area contributed by atoms with Crippen LogP contribution in [-0.4, -0.2) is 22.4 Å². The summed E-state index contributed by atoms with van der Waals surface area (Å²) in [5.74, 6) is -0.418. The molecule has 0 atom stereocenters. The first-order chi connectivity index (χ1) is 4.86. The Morgan fingerprint density at radius 2 is 2.00 bits per heavy atom. The molecule has 4 heteroatoms. The Morgan fingerprint density at radius 1 is 1.55 bits per heavy atom. The van der Waals surface area contributed by atoms with Gasteiger partial charge in [-0.1, -0.05) is 13.8 Å². The quantitative estimate of drug-likeness (QED) is 0.490. The normalized spacial score (nSPS) is 12.1. The fourth-order valence-corrected chi connectivity index (χ4v) is 0.613. The molecule has 11 heavy (non-hydrogen) atoms. The number of aliphatic hydroxyl groups excluding tert-OH is 1. The molecule has 66 valence electrons. The Morgan fingerprint density at radius 3 is 2.27 bits per heavy atom. The van der Waals surface area contributed by atoms with E-state index in [4.69, 9.17) is 15.9 Å². The number of amides is 1. The Kier molecular flexibility index (Phi) is 3.48. The van der Waals surface area contributed by atoms with Crippen LogP contribution in [0.25, 0.3) is 0 Å². The molecule has 4 N–H and O–H groups in total. The van der Waals surface area contributed by atoms with Gasteiger partial charge in [-0.05, 0) is 12.8 Å². The summed E-state index contributed by atoms with van der Waals surface area (Å²) in [5, 5.41) is 17.0. The highest BCUT2D eigenvalue weighted by Gasteiger charge is 2.24. The second kappa shape index (κ2) is 3.69. The molecule has 4 nitrogen and oxygen atoms in total. The molecular weight excluding hydrogens is 146 g/mol. The van der Waals surface area contributed by atoms with E-state index < -0.39 is 17.6 Å². The standard InChI is InChI=1S/C7H15NO3/c1-7(2,6(8)11)4-3-5(9)10/h5,9-10H,3-4H2,1-2H3,(H2,8,11). The molecule has 0 heterocycles. The maximum atomic E-state index is 10.7.